The van der Waals surface area contributed by atoms with Crippen molar-refractivity contribution in [1.82, 2.24) is 29.3 Å². The number of rotatable bonds is 3. The molecule has 0 unspecified atom stereocenters. The van der Waals surface area contributed by atoms with Crippen molar-refractivity contribution >= 4 is 17.8 Å². The summed E-state index contributed by atoms with van der Waals surface area (Å²) in [6.07, 6.45) is 13.7. The molecule has 3 aromatic heterocycles. The Balaban J connectivity index is 1.77. The van der Waals surface area contributed by atoms with E-state index in [4.69, 9.17) is 0 Å². The first-order valence-corrected chi connectivity index (χ1v) is 9.34. The van der Waals surface area contributed by atoms with Crippen molar-refractivity contribution in [1.29, 1.82) is 0 Å². The number of carbonyl (C=O) groups is 1. The van der Waals surface area contributed by atoms with Gasteiger partial charge in [-0.25, -0.2) is 4.39 Å². The predicted molar refractivity (Wildman–Crippen MR) is 111 cm³/mol. The maximum atomic E-state index is 14.7. The van der Waals surface area contributed by atoms with Gasteiger partial charge < -0.3 is 4.90 Å². The molecule has 0 saturated heterocycles. The van der Waals surface area contributed by atoms with Crippen LogP contribution in [0.15, 0.2) is 66.4 Å². The fraction of sp³-hybridized carbons (Fsp3) is 0.190. The molecule has 4 rings (SSSR count). The van der Waals surface area contributed by atoms with E-state index < -0.39 is 11.9 Å². The zero-order valence-electron chi connectivity index (χ0n) is 16.6. The van der Waals surface area contributed by atoms with Crippen molar-refractivity contribution < 1.29 is 9.18 Å². The zero-order valence-corrected chi connectivity index (χ0v) is 16.6. The van der Waals surface area contributed by atoms with Gasteiger partial charge in [-0.3, -0.25) is 18.9 Å². The largest absolute Gasteiger partial charge is 0.308 e. The van der Waals surface area contributed by atoms with Gasteiger partial charge >= 0.3 is 0 Å². The number of hydrogen-bond acceptors (Lipinski definition) is 5. The molecule has 0 N–H and O–H groups in total. The first-order valence-electron chi connectivity index (χ1n) is 9.34. The van der Waals surface area contributed by atoms with Crippen LogP contribution in [0.25, 0.3) is 16.8 Å². The number of carbonyl (C=O) groups excluding carboxylic acids is 1. The number of fused-ring (bicyclic) bond motifs is 1. The van der Waals surface area contributed by atoms with E-state index >= 15 is 0 Å². The summed E-state index contributed by atoms with van der Waals surface area (Å²) in [4.78, 5) is 18.5. The molecule has 0 saturated carbocycles. The number of aromatic nitrogens is 5. The summed E-state index contributed by atoms with van der Waals surface area (Å²) in [5.41, 5.74) is 1.99. The van der Waals surface area contributed by atoms with E-state index in [1.165, 1.54) is 11.0 Å². The molecular weight excluding hydrogens is 385 g/mol. The summed E-state index contributed by atoms with van der Waals surface area (Å²) in [5, 5.41) is 12.3. The molecule has 30 heavy (non-hydrogen) atoms. The first-order chi connectivity index (χ1) is 14.4. The van der Waals surface area contributed by atoms with E-state index in [9.17, 15) is 9.18 Å². The summed E-state index contributed by atoms with van der Waals surface area (Å²) in [5.74, 6) is -0.211. The van der Waals surface area contributed by atoms with Crippen molar-refractivity contribution in [2.24, 2.45) is 12.0 Å². The van der Waals surface area contributed by atoms with Crippen LogP contribution in [0.4, 0.5) is 4.39 Å². The van der Waals surface area contributed by atoms with Crippen molar-refractivity contribution in [3.05, 3.63) is 73.0 Å². The van der Waals surface area contributed by atoms with Crippen LogP contribution in [0.5, 0.6) is 0 Å². The highest BCUT2D eigenvalue weighted by Gasteiger charge is 2.24. The van der Waals surface area contributed by atoms with Crippen molar-refractivity contribution in [2.45, 2.75) is 19.4 Å². The molecule has 152 valence electrons. The molecule has 9 heteroatoms. The lowest BCUT2D eigenvalue weighted by Crippen LogP contribution is -2.29. The molecule has 3 aromatic rings. The third-order valence-electron chi connectivity index (χ3n) is 4.79. The highest BCUT2D eigenvalue weighted by molar-refractivity contribution is 5.81. The topological polar surface area (TPSA) is 80.7 Å². The summed E-state index contributed by atoms with van der Waals surface area (Å²) < 4.78 is 17.9. The minimum atomic E-state index is -0.504. The Hall–Kier alpha value is -3.88. The Morgan fingerprint density at radius 1 is 1.23 bits per heavy atom. The molecule has 4 heterocycles. The second-order valence-corrected chi connectivity index (χ2v) is 6.93. The number of nitrogens with zero attached hydrogens (tertiary/aromatic N) is 7. The van der Waals surface area contributed by atoms with Gasteiger partial charge in [0.2, 0.25) is 5.91 Å². The van der Waals surface area contributed by atoms with Crippen LogP contribution in [0, 0.1) is 5.82 Å². The normalized spacial score (nSPS) is 18.0. The molecule has 0 fully saturated rings. The molecule has 8 nitrogen and oxygen atoms in total. The Morgan fingerprint density at radius 3 is 2.83 bits per heavy atom. The Morgan fingerprint density at radius 2 is 2.07 bits per heavy atom. The van der Waals surface area contributed by atoms with Gasteiger partial charge in [-0.1, -0.05) is 12.7 Å². The van der Waals surface area contributed by atoms with Gasteiger partial charge in [-0.05, 0) is 25.1 Å². The molecule has 1 atom stereocenters. The summed E-state index contributed by atoms with van der Waals surface area (Å²) >= 11 is 0. The van der Waals surface area contributed by atoms with E-state index in [1.54, 1.807) is 65.4 Å². The average Bonchev–Trinajstić information content (AvgIpc) is 3.34. The quantitative estimate of drug-likeness (QED) is 0.670. The molecular formula is C21H20FN7O. The lowest BCUT2D eigenvalue weighted by atomic mass is 10.1. The lowest BCUT2D eigenvalue weighted by molar-refractivity contribution is -0.129. The van der Waals surface area contributed by atoms with Crippen molar-refractivity contribution in [2.75, 3.05) is 0 Å². The minimum absolute atomic E-state index is 0.0934. The van der Waals surface area contributed by atoms with E-state index in [0.717, 1.165) is 5.56 Å². The highest BCUT2D eigenvalue weighted by Crippen LogP contribution is 2.26. The number of halogens is 1. The molecule has 0 spiro atoms. The SMILES string of the molecule is C=C1/C=C\N([C@@H](C)c2nnc3c(F)cc(-c4cnn(C)c4)cn23)C(=O)C/C=C\C=N1. The van der Waals surface area contributed by atoms with Crippen LogP contribution >= 0.6 is 0 Å². The average molecular weight is 405 g/mol. The molecule has 0 aromatic carbocycles. The summed E-state index contributed by atoms with van der Waals surface area (Å²) in [6.45, 7) is 5.65. The second-order valence-electron chi connectivity index (χ2n) is 6.93. The van der Waals surface area contributed by atoms with E-state index in [0.29, 0.717) is 17.1 Å². The van der Waals surface area contributed by atoms with Gasteiger partial charge in [0.05, 0.1) is 17.9 Å². The van der Waals surface area contributed by atoms with E-state index in [2.05, 4.69) is 26.9 Å². The zero-order chi connectivity index (χ0) is 21.3. The molecule has 1 amide bonds. The number of aryl methyl sites for hydroxylation is 1. The third kappa shape index (κ3) is 3.69. The van der Waals surface area contributed by atoms with Crippen LogP contribution in [-0.2, 0) is 11.8 Å². The number of amides is 1. The smallest absolute Gasteiger partial charge is 0.230 e. The fourth-order valence-electron chi connectivity index (χ4n) is 3.22. The third-order valence-corrected chi connectivity index (χ3v) is 4.79. The monoisotopic (exact) mass is 405 g/mol. The van der Waals surface area contributed by atoms with Gasteiger partial charge in [0.25, 0.3) is 0 Å². The molecule has 0 bridgehead atoms. The number of allylic oxidation sites excluding steroid dienone is 2. The minimum Gasteiger partial charge on any atom is -0.308 e. The van der Waals surface area contributed by atoms with Crippen LogP contribution in [0.1, 0.15) is 25.2 Å². The Labute approximate surface area is 172 Å². The fourth-order valence-corrected chi connectivity index (χ4v) is 3.22. The van der Waals surface area contributed by atoms with Crippen molar-refractivity contribution in [3.8, 4) is 11.1 Å². The maximum absolute atomic E-state index is 14.7. The summed E-state index contributed by atoms with van der Waals surface area (Å²) in [6, 6.07) is 0.897. The van der Waals surface area contributed by atoms with Crippen LogP contribution in [-0.4, -0.2) is 41.4 Å². The number of aliphatic imine (C=N–C) groups is 1. The maximum Gasteiger partial charge on any atom is 0.230 e. The van der Waals surface area contributed by atoms with Crippen LogP contribution < -0.4 is 0 Å². The van der Waals surface area contributed by atoms with Gasteiger partial charge in [0, 0.05) is 49.4 Å². The van der Waals surface area contributed by atoms with Crippen LogP contribution in [0.2, 0.25) is 0 Å². The standard InChI is InChI=1S/C21H20FN7O/c1-14-7-9-28(19(30)6-4-5-8-23-14)15(2)20-25-26-21-18(22)10-16(13-29(20)21)17-11-24-27(3)12-17/h4-5,7-13,15H,1,6H2,2-3H3/b5-4-,9-7-,23-8?/t15-/m0/s1. The molecule has 1 aliphatic rings. The van der Waals surface area contributed by atoms with E-state index in [-0.39, 0.29) is 18.0 Å². The van der Waals surface area contributed by atoms with Crippen molar-refractivity contribution in [3.63, 3.8) is 0 Å². The van der Waals surface area contributed by atoms with Gasteiger partial charge in [0.1, 0.15) is 0 Å². The van der Waals surface area contributed by atoms with Gasteiger partial charge in [0.15, 0.2) is 17.3 Å². The van der Waals surface area contributed by atoms with E-state index in [1.807, 2.05) is 6.92 Å². The van der Waals surface area contributed by atoms with Crippen LogP contribution in [0.3, 0.4) is 0 Å². The highest BCUT2D eigenvalue weighted by atomic mass is 19.1. The lowest BCUT2D eigenvalue weighted by Gasteiger charge is -2.24. The molecule has 1 aliphatic heterocycles. The Bertz CT molecular complexity index is 1220. The summed E-state index contributed by atoms with van der Waals surface area (Å²) in [7, 11) is 1.79. The predicted octanol–water partition coefficient (Wildman–Crippen LogP) is 3.22. The molecule has 0 aliphatic carbocycles. The first kappa shape index (κ1) is 19.4. The number of pyridine rings is 1. The van der Waals surface area contributed by atoms with Gasteiger partial charge in [-0.2, -0.15) is 5.10 Å². The Kier molecular flexibility index (Phi) is 5.09. The second kappa shape index (κ2) is 7.86. The van der Waals surface area contributed by atoms with Gasteiger partial charge in [-0.15, -0.1) is 10.2 Å². The number of hydrogen-bond donors (Lipinski definition) is 0. The molecule has 0 radical (unpaired) electrons.